The van der Waals surface area contributed by atoms with E-state index in [-0.39, 0.29) is 17.0 Å². The second kappa shape index (κ2) is 10.2. The van der Waals surface area contributed by atoms with Gasteiger partial charge < -0.3 is 9.47 Å². The molecule has 1 aliphatic carbocycles. The number of benzene rings is 3. The Morgan fingerprint density at radius 1 is 0.974 bits per heavy atom. The number of halogens is 3. The number of hydrogen-bond acceptors (Lipinski definition) is 6. The van der Waals surface area contributed by atoms with Crippen molar-refractivity contribution >= 4 is 48.0 Å². The van der Waals surface area contributed by atoms with Crippen molar-refractivity contribution in [3.05, 3.63) is 108 Å². The molecule has 0 saturated carbocycles. The van der Waals surface area contributed by atoms with E-state index in [1.54, 1.807) is 0 Å². The van der Waals surface area contributed by atoms with Crippen molar-refractivity contribution in [2.75, 3.05) is 11.4 Å². The highest BCUT2D eigenvalue weighted by Crippen LogP contribution is 2.46. The summed E-state index contributed by atoms with van der Waals surface area (Å²) in [5, 5.41) is 1.34. The van der Waals surface area contributed by atoms with Crippen molar-refractivity contribution in [3.8, 4) is 5.75 Å². The quantitative estimate of drug-likeness (QED) is 0.214. The van der Waals surface area contributed by atoms with Crippen molar-refractivity contribution in [3.63, 3.8) is 0 Å². The van der Waals surface area contributed by atoms with Crippen LogP contribution in [0, 0.1) is 0 Å². The maximum atomic E-state index is 14.1. The number of ether oxygens (including phenoxy) is 2. The highest BCUT2D eigenvalue weighted by Gasteiger charge is 2.32. The summed E-state index contributed by atoms with van der Waals surface area (Å²) in [5.41, 5.74) is 2.24. The number of carbonyl (C=O) groups excluding carboxylic acids is 1. The van der Waals surface area contributed by atoms with Gasteiger partial charge >= 0.3 is 12.3 Å². The lowest BCUT2D eigenvalue weighted by Gasteiger charge is -2.25. The number of rotatable bonds is 8. The first-order valence-corrected chi connectivity index (χ1v) is 13.8. The number of nitrogens with zero attached hydrogens (tertiary/aromatic N) is 1. The SMILES string of the molecule is COC(=O)c1ccc(S(=O)(=O)N(Cc2ccc(OC(F)(F)F)cc2)c2sc3ccccc3c2C2=CC=C2)cc1. The van der Waals surface area contributed by atoms with Crippen molar-refractivity contribution in [1.82, 2.24) is 0 Å². The number of alkyl halides is 3. The van der Waals surface area contributed by atoms with E-state index in [1.165, 1.54) is 59.2 Å². The summed E-state index contributed by atoms with van der Waals surface area (Å²) < 4.78 is 76.9. The summed E-state index contributed by atoms with van der Waals surface area (Å²) in [6, 6.07) is 18.0. The van der Waals surface area contributed by atoms with Gasteiger partial charge in [-0.1, -0.05) is 48.6 Å². The zero-order valence-electron chi connectivity index (χ0n) is 20.3. The molecule has 5 rings (SSSR count). The topological polar surface area (TPSA) is 72.9 Å². The predicted octanol–water partition coefficient (Wildman–Crippen LogP) is 6.94. The second-order valence-electron chi connectivity index (χ2n) is 8.48. The molecule has 0 amide bonds. The first kappa shape index (κ1) is 26.5. The highest BCUT2D eigenvalue weighted by atomic mass is 32.2. The van der Waals surface area contributed by atoms with Crippen LogP contribution in [-0.4, -0.2) is 27.9 Å². The van der Waals surface area contributed by atoms with Crippen molar-refractivity contribution in [2.45, 2.75) is 17.8 Å². The standard InChI is InChI=1S/C28H20F3NO5S2/c1-36-27(33)20-11-15-22(16-12-20)39(34,35)32(17-18-9-13-21(14-10-18)37-28(29,30)31)26-25(19-5-4-6-19)23-7-2-3-8-24(23)38-26/h2-16H,17H2,1H3. The summed E-state index contributed by atoms with van der Waals surface area (Å²) in [4.78, 5) is 11.8. The van der Waals surface area contributed by atoms with Crippen LogP contribution in [-0.2, 0) is 21.3 Å². The Bertz CT molecular complexity index is 1700. The smallest absolute Gasteiger partial charge is 0.465 e. The minimum Gasteiger partial charge on any atom is -0.465 e. The maximum Gasteiger partial charge on any atom is 0.573 e. The van der Waals surface area contributed by atoms with E-state index in [9.17, 15) is 26.4 Å². The number of allylic oxidation sites excluding steroid dienone is 4. The van der Waals surface area contributed by atoms with Crippen LogP contribution in [0.2, 0.25) is 0 Å². The van der Waals surface area contributed by atoms with Crippen LogP contribution in [0.15, 0.2) is 95.9 Å². The Kier molecular flexibility index (Phi) is 6.96. The van der Waals surface area contributed by atoms with Crippen LogP contribution in [0.5, 0.6) is 5.75 Å². The molecule has 0 radical (unpaired) electrons. The molecule has 200 valence electrons. The molecule has 1 heterocycles. The van der Waals surface area contributed by atoms with E-state index >= 15 is 0 Å². The number of fused-ring (bicyclic) bond motifs is 1. The van der Waals surface area contributed by atoms with Gasteiger partial charge in [-0.3, -0.25) is 4.31 Å². The van der Waals surface area contributed by atoms with Gasteiger partial charge in [-0.25, -0.2) is 13.2 Å². The number of methoxy groups -OCH3 is 1. The van der Waals surface area contributed by atoms with Gasteiger partial charge in [0.2, 0.25) is 0 Å². The zero-order valence-corrected chi connectivity index (χ0v) is 21.9. The first-order chi connectivity index (χ1) is 18.6. The molecule has 0 fully saturated rings. The Morgan fingerprint density at radius 2 is 1.64 bits per heavy atom. The summed E-state index contributed by atoms with van der Waals surface area (Å²) >= 11 is 1.30. The molecule has 3 aromatic carbocycles. The van der Waals surface area contributed by atoms with E-state index in [1.807, 2.05) is 42.5 Å². The average Bonchev–Trinajstić information content (AvgIpc) is 3.24. The molecule has 39 heavy (non-hydrogen) atoms. The van der Waals surface area contributed by atoms with Gasteiger partial charge in [-0.2, -0.15) is 0 Å². The molecular weight excluding hydrogens is 551 g/mol. The van der Waals surface area contributed by atoms with E-state index in [2.05, 4.69) is 4.74 Å². The van der Waals surface area contributed by atoms with Gasteiger partial charge in [0.15, 0.2) is 0 Å². The summed E-state index contributed by atoms with van der Waals surface area (Å²) in [5.74, 6) is -1.01. The van der Waals surface area contributed by atoms with Crippen molar-refractivity contribution in [1.29, 1.82) is 0 Å². The molecule has 11 heteroatoms. The largest absolute Gasteiger partial charge is 0.573 e. The number of sulfonamides is 1. The first-order valence-electron chi connectivity index (χ1n) is 11.5. The lowest BCUT2D eigenvalue weighted by atomic mass is 9.98. The summed E-state index contributed by atoms with van der Waals surface area (Å²) in [6.07, 6.45) is 0.785. The third-order valence-corrected chi connectivity index (χ3v) is 9.06. The van der Waals surface area contributed by atoms with E-state index in [4.69, 9.17) is 4.74 Å². The molecule has 0 unspecified atom stereocenters. The number of esters is 1. The van der Waals surface area contributed by atoms with Crippen LogP contribution in [0.1, 0.15) is 21.5 Å². The molecule has 1 aliphatic rings. The maximum absolute atomic E-state index is 14.1. The van der Waals surface area contributed by atoms with E-state index in [0.717, 1.165) is 33.4 Å². The minimum absolute atomic E-state index is 0.0614. The number of thiophene rings is 1. The second-order valence-corrected chi connectivity index (χ2v) is 11.4. The molecule has 4 aromatic rings. The van der Waals surface area contributed by atoms with Gasteiger partial charge in [-0.15, -0.1) is 24.5 Å². The fraction of sp³-hybridized carbons (Fsp3) is 0.107. The average molecular weight is 572 g/mol. The minimum atomic E-state index is -4.84. The monoisotopic (exact) mass is 571 g/mol. The number of anilines is 1. The van der Waals surface area contributed by atoms with Gasteiger partial charge in [0.1, 0.15) is 10.8 Å². The van der Waals surface area contributed by atoms with Crippen LogP contribution < -0.4 is 9.04 Å². The zero-order chi connectivity index (χ0) is 27.8. The number of carbonyl (C=O) groups is 1. The van der Waals surface area contributed by atoms with Crippen LogP contribution in [0.3, 0.4) is 0 Å². The molecule has 1 aromatic heterocycles. The predicted molar refractivity (Wildman–Crippen MR) is 143 cm³/mol. The van der Waals surface area contributed by atoms with Crippen LogP contribution in [0.4, 0.5) is 18.2 Å². The molecule has 0 aliphatic heterocycles. The normalized spacial score (nSPS) is 13.1. The van der Waals surface area contributed by atoms with E-state index < -0.39 is 28.1 Å². The summed E-state index contributed by atoms with van der Waals surface area (Å²) in [7, 11) is -2.97. The fourth-order valence-corrected chi connectivity index (χ4v) is 6.98. The van der Waals surface area contributed by atoms with Gasteiger partial charge in [-0.05, 0) is 53.6 Å². The molecule has 0 bridgehead atoms. The molecular formula is C28H20F3NO5S2. The lowest BCUT2D eigenvalue weighted by Crippen LogP contribution is -2.30. The van der Waals surface area contributed by atoms with Gasteiger partial charge in [0.05, 0.1) is 24.1 Å². The Balaban J connectivity index is 1.61. The van der Waals surface area contributed by atoms with Crippen molar-refractivity contribution in [2.24, 2.45) is 0 Å². The van der Waals surface area contributed by atoms with Gasteiger partial charge in [0, 0.05) is 15.6 Å². The van der Waals surface area contributed by atoms with Crippen LogP contribution >= 0.6 is 11.3 Å². The third-order valence-electron chi connectivity index (χ3n) is 5.99. The van der Waals surface area contributed by atoms with Crippen LogP contribution in [0.25, 0.3) is 15.7 Å². The molecule has 0 N–H and O–H groups in total. The van der Waals surface area contributed by atoms with Crippen molar-refractivity contribution < 1.29 is 35.9 Å². The molecule has 0 spiro atoms. The van der Waals surface area contributed by atoms with E-state index in [0.29, 0.717) is 10.6 Å². The lowest BCUT2D eigenvalue weighted by molar-refractivity contribution is -0.274. The Morgan fingerprint density at radius 3 is 2.23 bits per heavy atom. The van der Waals surface area contributed by atoms with Gasteiger partial charge in [0.25, 0.3) is 10.0 Å². The highest BCUT2D eigenvalue weighted by molar-refractivity contribution is 7.93. The fourth-order valence-electron chi connectivity index (χ4n) is 4.08. The molecule has 0 atom stereocenters. The third kappa shape index (κ3) is 5.41. The Hall–Kier alpha value is -4.09. The Labute approximate surface area is 226 Å². The molecule has 6 nitrogen and oxygen atoms in total. The molecule has 0 saturated heterocycles. The summed E-state index contributed by atoms with van der Waals surface area (Å²) in [6.45, 7) is -0.162. The number of hydrogen-bond donors (Lipinski definition) is 0.